The molecule has 2 atom stereocenters. The van der Waals surface area contributed by atoms with Gasteiger partial charge in [0.2, 0.25) is 10.0 Å². The number of carbonyl (C=O) groups is 2. The first-order valence-corrected chi connectivity index (χ1v) is 18.0. The third kappa shape index (κ3) is 9.83. The monoisotopic (exact) mass is 726 g/mol. The van der Waals surface area contributed by atoms with Crippen LogP contribution in [0.5, 0.6) is 0 Å². The number of benzene rings is 2. The van der Waals surface area contributed by atoms with Crippen molar-refractivity contribution in [3.05, 3.63) is 99.7 Å². The Kier molecular flexibility index (Phi) is 12.0. The number of anilines is 1. The molecule has 49 heavy (non-hydrogen) atoms. The number of alkyl carbamates (subject to hydrolysis) is 1. The number of nitrogens with one attached hydrogen (secondary N) is 2. The average molecular weight is 727 g/mol. The van der Waals surface area contributed by atoms with Gasteiger partial charge in [0.25, 0.3) is 6.01 Å². The fraction of sp³-hybridized carbons (Fsp3) is 0.303. The number of ketones is 1. The summed E-state index contributed by atoms with van der Waals surface area (Å²) in [5.74, 6) is -0.365. The Labute approximate surface area is 292 Å². The molecule has 3 aromatic heterocycles. The largest absolute Gasteiger partial charge is 0.444 e. The van der Waals surface area contributed by atoms with Gasteiger partial charge in [0, 0.05) is 37.1 Å². The number of Topliss-reactive ketones (excluding diaryl/α,β-unsaturated/α-hetero) is 1. The lowest BCUT2D eigenvalue weighted by molar-refractivity contribution is 0.0876. The second-order valence-electron chi connectivity index (χ2n) is 11.6. The Morgan fingerprint density at radius 3 is 2.61 bits per heavy atom. The van der Waals surface area contributed by atoms with E-state index in [1.54, 1.807) is 11.7 Å². The lowest BCUT2D eigenvalue weighted by atomic mass is 10.0. The molecule has 0 spiro atoms. The number of aromatic nitrogens is 3. The highest BCUT2D eigenvalue weighted by Crippen LogP contribution is 2.26. The van der Waals surface area contributed by atoms with E-state index in [0.717, 1.165) is 10.4 Å². The maximum Gasteiger partial charge on any atom is 0.407 e. The predicted molar refractivity (Wildman–Crippen MR) is 185 cm³/mol. The van der Waals surface area contributed by atoms with Gasteiger partial charge in [-0.25, -0.2) is 18.2 Å². The zero-order valence-corrected chi connectivity index (χ0v) is 29.0. The van der Waals surface area contributed by atoms with E-state index in [1.165, 1.54) is 52.2 Å². The Morgan fingerprint density at radius 2 is 1.90 bits per heavy atom. The van der Waals surface area contributed by atoms with Gasteiger partial charge >= 0.3 is 6.09 Å². The number of aliphatic hydroxyl groups is 1. The van der Waals surface area contributed by atoms with E-state index < -0.39 is 28.3 Å². The summed E-state index contributed by atoms with van der Waals surface area (Å²) in [6, 6.07) is 15.6. The zero-order chi connectivity index (χ0) is 35.0. The van der Waals surface area contributed by atoms with Crippen LogP contribution in [0, 0.1) is 5.92 Å². The molecule has 0 fully saturated rings. The van der Waals surface area contributed by atoms with E-state index in [-0.39, 0.29) is 66.0 Å². The summed E-state index contributed by atoms with van der Waals surface area (Å²) in [6.07, 6.45) is 1.19. The first kappa shape index (κ1) is 35.9. The van der Waals surface area contributed by atoms with Crippen LogP contribution in [0.2, 0.25) is 5.15 Å². The van der Waals surface area contributed by atoms with E-state index >= 15 is 0 Å². The normalized spacial score (nSPS) is 13.0. The molecule has 0 radical (unpaired) electrons. The van der Waals surface area contributed by atoms with Crippen molar-refractivity contribution in [3.8, 4) is 0 Å². The maximum absolute atomic E-state index is 14.0. The maximum atomic E-state index is 14.0. The van der Waals surface area contributed by atoms with Crippen LogP contribution in [0.1, 0.15) is 34.6 Å². The third-order valence-corrected chi connectivity index (χ3v) is 10.1. The zero-order valence-electron chi connectivity index (χ0n) is 26.7. The molecule has 258 valence electrons. The van der Waals surface area contributed by atoms with Gasteiger partial charge in [-0.2, -0.15) is 9.29 Å². The van der Waals surface area contributed by atoms with Crippen LogP contribution in [0.25, 0.3) is 11.1 Å². The van der Waals surface area contributed by atoms with Gasteiger partial charge in [0.1, 0.15) is 17.3 Å². The molecule has 0 saturated carbocycles. The van der Waals surface area contributed by atoms with E-state index in [0.29, 0.717) is 11.1 Å². The summed E-state index contributed by atoms with van der Waals surface area (Å²) < 4.78 is 40.4. The fourth-order valence-corrected chi connectivity index (χ4v) is 7.25. The number of pyridine rings is 1. The smallest absolute Gasteiger partial charge is 0.407 e. The lowest BCUT2D eigenvalue weighted by Gasteiger charge is -2.30. The first-order chi connectivity index (χ1) is 23.5. The molecule has 5 rings (SSSR count). The number of hydrogen-bond acceptors (Lipinski definition) is 12. The minimum Gasteiger partial charge on any atom is -0.444 e. The van der Waals surface area contributed by atoms with E-state index in [1.807, 2.05) is 44.2 Å². The van der Waals surface area contributed by atoms with Gasteiger partial charge in [-0.3, -0.25) is 9.78 Å². The Hall–Kier alpha value is -4.41. The molecule has 3 heterocycles. The number of hydrogen-bond donors (Lipinski definition) is 3. The predicted octanol–water partition coefficient (Wildman–Crippen LogP) is 5.17. The molecule has 5 aromatic rings. The molecule has 0 aliphatic carbocycles. The molecule has 1 amide bonds. The molecule has 13 nitrogen and oxygen atoms in total. The molecule has 0 aliphatic heterocycles. The third-order valence-electron chi connectivity index (χ3n) is 7.30. The molecule has 16 heteroatoms. The van der Waals surface area contributed by atoms with Crippen LogP contribution in [0.4, 0.5) is 10.8 Å². The van der Waals surface area contributed by atoms with Crippen LogP contribution in [0.3, 0.4) is 0 Å². The summed E-state index contributed by atoms with van der Waals surface area (Å²) in [6.45, 7) is 3.38. The van der Waals surface area contributed by atoms with Crippen LogP contribution in [-0.4, -0.2) is 76.4 Å². The number of carbonyl (C=O) groups excluding carboxylic acids is 2. The molecule has 3 N–H and O–H groups in total. The minimum atomic E-state index is -4.17. The van der Waals surface area contributed by atoms with Crippen molar-refractivity contribution in [2.24, 2.45) is 5.92 Å². The second-order valence-corrected chi connectivity index (χ2v) is 14.9. The molecular formula is C33H35ClN6O7S2. The molecule has 2 unspecified atom stereocenters. The van der Waals surface area contributed by atoms with Crippen molar-refractivity contribution in [1.82, 2.24) is 24.6 Å². The van der Waals surface area contributed by atoms with Crippen LogP contribution < -0.4 is 10.6 Å². The van der Waals surface area contributed by atoms with Crippen molar-refractivity contribution in [2.75, 3.05) is 25.0 Å². The number of sulfonamides is 1. The van der Waals surface area contributed by atoms with Crippen LogP contribution >= 0.6 is 22.9 Å². The summed E-state index contributed by atoms with van der Waals surface area (Å²) in [7, 11) is -4.17. The number of oxazole rings is 1. The summed E-state index contributed by atoms with van der Waals surface area (Å²) >= 11 is 7.22. The van der Waals surface area contributed by atoms with Crippen molar-refractivity contribution >= 4 is 62.0 Å². The van der Waals surface area contributed by atoms with Gasteiger partial charge in [-0.1, -0.05) is 55.8 Å². The fourth-order valence-electron chi connectivity index (χ4n) is 4.93. The topological polar surface area (TPSA) is 177 Å². The van der Waals surface area contributed by atoms with E-state index in [4.69, 9.17) is 20.8 Å². The average Bonchev–Trinajstić information content (AvgIpc) is 3.75. The lowest BCUT2D eigenvalue weighted by Crippen LogP contribution is -2.51. The van der Waals surface area contributed by atoms with Crippen molar-refractivity contribution < 1.29 is 32.3 Å². The second kappa shape index (κ2) is 16.3. The van der Waals surface area contributed by atoms with Gasteiger partial charge in [-0.15, -0.1) is 11.3 Å². The minimum absolute atomic E-state index is 0.00970. The molecule has 0 saturated heterocycles. The van der Waals surface area contributed by atoms with Gasteiger partial charge in [0.15, 0.2) is 11.4 Å². The van der Waals surface area contributed by atoms with Gasteiger partial charge in [-0.05, 0) is 42.2 Å². The Bertz CT molecular complexity index is 1970. The number of nitrogens with zero attached hydrogens (tertiary/aromatic N) is 4. The van der Waals surface area contributed by atoms with Crippen LogP contribution in [0.15, 0.2) is 87.9 Å². The van der Waals surface area contributed by atoms with Crippen molar-refractivity contribution in [2.45, 2.75) is 43.9 Å². The van der Waals surface area contributed by atoms with E-state index in [2.05, 4.69) is 25.6 Å². The highest BCUT2D eigenvalue weighted by molar-refractivity contribution is 7.89. The number of aliphatic hydroxyl groups excluding tert-OH is 1. The molecule has 0 aliphatic rings. The summed E-state index contributed by atoms with van der Waals surface area (Å²) in [5.41, 5.74) is 3.38. The first-order valence-electron chi connectivity index (χ1n) is 15.3. The number of thiazole rings is 1. The number of ether oxygens (including phenoxy) is 1. The number of amides is 1. The quantitative estimate of drug-likeness (QED) is 0.0903. The van der Waals surface area contributed by atoms with E-state index in [9.17, 15) is 23.1 Å². The SMILES string of the molecule is CC(C)CN(CC(O)C(Cc1ccccc1)NC(=O)OCc1cncs1)S(=O)(=O)c1ccc2nc(NCC(=O)c3ccnc(Cl)c3)oc2c1. The van der Waals surface area contributed by atoms with Gasteiger partial charge in [0.05, 0.1) is 34.0 Å². The highest BCUT2D eigenvalue weighted by Gasteiger charge is 2.32. The Morgan fingerprint density at radius 1 is 1.10 bits per heavy atom. The standard InChI is InChI=1S/C33H35ClN6O7S2/c1-21(2)17-40(18-29(42)27(12-22-6-4-3-5-7-22)39-33(43)46-19-24-15-35-20-48-24)49(44,45)25-8-9-26-30(14-25)47-32(38-26)37-16-28(41)23-10-11-36-31(34)13-23/h3-11,13-15,20-21,27,29,42H,12,16-19H2,1-2H3,(H,37,38)(H,39,43). The molecule has 0 bridgehead atoms. The summed E-state index contributed by atoms with van der Waals surface area (Å²) in [4.78, 5) is 38.2. The van der Waals surface area contributed by atoms with Crippen LogP contribution in [-0.2, 0) is 27.8 Å². The number of fused-ring (bicyclic) bond motifs is 1. The molecular weight excluding hydrogens is 692 g/mol. The van der Waals surface area contributed by atoms with Gasteiger partial charge < -0.3 is 24.9 Å². The molecule has 2 aromatic carbocycles. The number of halogens is 1. The summed E-state index contributed by atoms with van der Waals surface area (Å²) in [5, 5.41) is 17.2. The van der Waals surface area contributed by atoms with Crippen molar-refractivity contribution in [1.29, 1.82) is 0 Å². The Balaban J connectivity index is 1.32. The highest BCUT2D eigenvalue weighted by atomic mass is 35.5. The van der Waals surface area contributed by atoms with Crippen molar-refractivity contribution in [3.63, 3.8) is 0 Å². The number of rotatable bonds is 16.